The van der Waals surface area contributed by atoms with Gasteiger partial charge in [-0.25, -0.2) is 18.4 Å². The van der Waals surface area contributed by atoms with Crippen LogP contribution in [0.5, 0.6) is 6.01 Å². The Morgan fingerprint density at radius 2 is 1.81 bits per heavy atom. The van der Waals surface area contributed by atoms with Crippen molar-refractivity contribution in [3.05, 3.63) is 88.0 Å². The number of likely N-dealkylation sites (tertiary alicyclic amines) is 1. The number of anilines is 1. The number of ether oxygens (including phenoxy) is 3. The van der Waals surface area contributed by atoms with Gasteiger partial charge in [0.05, 0.1) is 41.3 Å². The third kappa shape index (κ3) is 10.7. The third-order valence-corrected chi connectivity index (χ3v) is 17.6. The molecule has 12 rings (SSSR count). The van der Waals surface area contributed by atoms with E-state index in [1.165, 1.54) is 37.0 Å². The molecule has 80 heavy (non-hydrogen) atoms. The van der Waals surface area contributed by atoms with E-state index in [0.717, 1.165) is 102 Å². The number of rotatable bonds is 14. The second-order valence-electron chi connectivity index (χ2n) is 22.3. The number of halogens is 2. The average Bonchev–Trinajstić information content (AvgIpc) is 4.35. The number of aldehydes is 1. The number of nitrogens with one attached hydrogen (secondary N) is 2. The number of piperazine rings is 1. The lowest BCUT2D eigenvalue weighted by Gasteiger charge is -2.47. The molecule has 6 aromatic rings. The van der Waals surface area contributed by atoms with Crippen molar-refractivity contribution < 1.29 is 37.4 Å². The molecular formula is C60H71F2N11O7. The zero-order valence-electron chi connectivity index (χ0n) is 45.9. The van der Waals surface area contributed by atoms with E-state index in [9.17, 15) is 23.6 Å². The number of hydrogen-bond acceptors (Lipinski definition) is 14. The van der Waals surface area contributed by atoms with Gasteiger partial charge in [-0.1, -0.05) is 42.3 Å². The molecule has 18 nitrogen and oxygen atoms in total. The van der Waals surface area contributed by atoms with Crippen molar-refractivity contribution in [1.29, 1.82) is 0 Å². The maximum absolute atomic E-state index is 16.1. The average molecular weight is 1100 g/mol. The van der Waals surface area contributed by atoms with Crippen LogP contribution in [-0.2, 0) is 32.5 Å². The molecule has 0 saturated carbocycles. The zero-order valence-corrected chi connectivity index (χ0v) is 45.9. The Balaban J connectivity index is 0.000000176. The van der Waals surface area contributed by atoms with Crippen LogP contribution >= 0.6 is 0 Å². The number of morpholine rings is 1. The maximum Gasteiger partial charge on any atom is 0.409 e. The second kappa shape index (κ2) is 23.6. The number of carbonyl (C=O) groups excluding carboxylic acids is 3. The quantitative estimate of drug-likeness (QED) is 0.0889. The van der Waals surface area contributed by atoms with Crippen LogP contribution in [0.3, 0.4) is 0 Å². The van der Waals surface area contributed by atoms with Crippen LogP contribution < -0.4 is 26.0 Å². The number of methoxy groups -OCH3 is 1. The smallest absolute Gasteiger partial charge is 0.409 e. The standard InChI is InChI=1S/C34H50N6O6.C26H21F2N5O/c1-35-31(42)29(11-6-21-41)40-28-10-3-7-25(30(28)36(2)32(40)43)8-4-16-37-20-22-46-34(24-37)14-18-38(19-15-34)33(44)45-23-27-13-12-26-9-5-17-39(26)27;1-3-17-20(27)10-7-14-5-4-6-18(21(14)17)23-22(28)24-19(11-29-23)25(32-26(31-24)34-2)33-12-15-8-9-16(13-33)30-15/h3,7,10,21,26-27,29H,4-6,8-9,11-20,22-24H2,1-2H3,(H,35,42);1,4-7,10-11,15-16,30H,8-9,12-13H2,2H3. The van der Waals surface area contributed by atoms with Gasteiger partial charge in [-0.2, -0.15) is 9.97 Å². The van der Waals surface area contributed by atoms with E-state index in [1.54, 1.807) is 49.1 Å². The molecule has 6 aliphatic heterocycles. The van der Waals surface area contributed by atoms with E-state index < -0.39 is 17.7 Å². The van der Waals surface area contributed by atoms with Gasteiger partial charge < -0.3 is 39.4 Å². The summed E-state index contributed by atoms with van der Waals surface area (Å²) in [6.45, 7) is 7.78. The van der Waals surface area contributed by atoms with Gasteiger partial charge >= 0.3 is 17.8 Å². The molecule has 2 bridgehead atoms. The summed E-state index contributed by atoms with van der Waals surface area (Å²) in [5.74, 6) is 1.56. The van der Waals surface area contributed by atoms with Crippen LogP contribution in [0.15, 0.2) is 59.5 Å². The maximum atomic E-state index is 16.1. The van der Waals surface area contributed by atoms with Gasteiger partial charge in [-0.15, -0.1) is 6.42 Å². The van der Waals surface area contributed by atoms with Crippen LogP contribution in [0.4, 0.5) is 19.4 Å². The first-order valence-corrected chi connectivity index (χ1v) is 28.4. The minimum Gasteiger partial charge on any atom is -0.467 e. The molecule has 0 radical (unpaired) electrons. The van der Waals surface area contributed by atoms with Crippen molar-refractivity contribution in [3.63, 3.8) is 0 Å². The Labute approximate surface area is 464 Å². The lowest BCUT2D eigenvalue weighted by atomic mass is 9.89. The van der Waals surface area contributed by atoms with E-state index >= 15 is 4.39 Å². The Morgan fingerprint density at radius 1 is 1.01 bits per heavy atom. The molecular weight excluding hydrogens is 1020 g/mol. The fraction of sp³-hybridized carbons (Fsp3) is 0.517. The number of para-hydroxylation sites is 1. The topological polar surface area (TPSA) is 182 Å². The molecule has 3 aromatic heterocycles. The summed E-state index contributed by atoms with van der Waals surface area (Å²) >= 11 is 0. The highest BCUT2D eigenvalue weighted by molar-refractivity contribution is 6.02. The summed E-state index contributed by atoms with van der Waals surface area (Å²) in [5, 5.41) is 7.88. The summed E-state index contributed by atoms with van der Waals surface area (Å²) in [6.07, 6.45) is 18.7. The lowest BCUT2D eigenvalue weighted by molar-refractivity contribution is -0.133. The SMILES string of the molecule is C#Cc1c(F)ccc2cccc(-c3ncc4c(N5CC6CCC(C5)N6)nc(OC)nc4c3F)c12.CNC(=O)C(CCC=O)n1c(=O)n(C)c2c(CCCN3CCOC4(CCN(C(=O)OCC5CCC6CCCN65)CC4)C3)cccc21. The van der Waals surface area contributed by atoms with Gasteiger partial charge in [-0.3, -0.25) is 28.7 Å². The predicted molar refractivity (Wildman–Crippen MR) is 301 cm³/mol. The minimum atomic E-state index is -0.746. The van der Waals surface area contributed by atoms with E-state index in [-0.39, 0.29) is 58.9 Å². The normalized spacial score (nSPS) is 22.1. The third-order valence-electron chi connectivity index (χ3n) is 17.6. The monoisotopic (exact) mass is 1100 g/mol. The van der Waals surface area contributed by atoms with Gasteiger partial charge in [0, 0.05) is 101 Å². The van der Waals surface area contributed by atoms with E-state index in [2.05, 4.69) is 52.3 Å². The van der Waals surface area contributed by atoms with Crippen molar-refractivity contribution in [2.75, 3.05) is 84.6 Å². The number of likely N-dealkylation sites (N-methyl/N-ethyl adjacent to an activating group) is 1. The first-order valence-electron chi connectivity index (χ1n) is 28.4. The van der Waals surface area contributed by atoms with E-state index in [0.29, 0.717) is 83.5 Å². The van der Waals surface area contributed by atoms with Gasteiger partial charge in [0.1, 0.15) is 41.8 Å². The Hall–Kier alpha value is -7.05. The first kappa shape index (κ1) is 54.9. The number of amides is 2. The number of imidazole rings is 1. The molecule has 1 spiro atoms. The molecule has 6 aliphatic rings. The van der Waals surface area contributed by atoms with Crippen LogP contribution in [0.25, 0.3) is 44.0 Å². The molecule has 422 valence electrons. The van der Waals surface area contributed by atoms with E-state index in [1.807, 2.05) is 17.0 Å². The number of aryl methyl sites for hydroxylation is 2. The van der Waals surface area contributed by atoms with Gasteiger partial charge in [-0.05, 0) is 107 Å². The Morgan fingerprint density at radius 3 is 2.58 bits per heavy atom. The second-order valence-corrected chi connectivity index (χ2v) is 22.3. The predicted octanol–water partition coefficient (Wildman–Crippen LogP) is 6.52. The minimum absolute atomic E-state index is 0.0484. The summed E-state index contributed by atoms with van der Waals surface area (Å²) in [7, 11) is 4.75. The highest BCUT2D eigenvalue weighted by Crippen LogP contribution is 2.39. The fourth-order valence-electron chi connectivity index (χ4n) is 13.6. The lowest BCUT2D eigenvalue weighted by Crippen LogP contribution is -2.57. The van der Waals surface area contributed by atoms with E-state index in [4.69, 9.17) is 20.6 Å². The number of benzene rings is 3. The van der Waals surface area contributed by atoms with Crippen LogP contribution in [0.2, 0.25) is 0 Å². The molecule has 5 atom stereocenters. The largest absolute Gasteiger partial charge is 0.467 e. The summed E-state index contributed by atoms with van der Waals surface area (Å²) < 4.78 is 51.2. The summed E-state index contributed by atoms with van der Waals surface area (Å²) in [5.41, 5.74) is 2.75. The number of aromatic nitrogens is 5. The van der Waals surface area contributed by atoms with Crippen LogP contribution in [0, 0.1) is 24.0 Å². The van der Waals surface area contributed by atoms with Crippen molar-refractivity contribution in [2.24, 2.45) is 7.05 Å². The van der Waals surface area contributed by atoms with Gasteiger partial charge in [0.25, 0.3) is 0 Å². The van der Waals surface area contributed by atoms with Crippen molar-refractivity contribution in [3.8, 4) is 29.6 Å². The fourth-order valence-corrected chi connectivity index (χ4v) is 13.6. The molecule has 2 amide bonds. The highest BCUT2D eigenvalue weighted by atomic mass is 19.1. The summed E-state index contributed by atoms with van der Waals surface area (Å²) in [6, 6.07) is 15.2. The molecule has 5 unspecified atom stereocenters. The number of hydrogen-bond donors (Lipinski definition) is 2. The first-order chi connectivity index (χ1) is 38.9. The molecule has 9 heterocycles. The number of fused-ring (bicyclic) bond motifs is 6. The number of terminal acetylenes is 1. The molecule has 3 aromatic carbocycles. The summed E-state index contributed by atoms with van der Waals surface area (Å²) in [4.78, 5) is 72.4. The number of nitrogens with zero attached hydrogens (tertiary/aromatic N) is 9. The van der Waals surface area contributed by atoms with Gasteiger partial charge in [0.2, 0.25) is 5.91 Å². The number of pyridine rings is 1. The number of piperidine rings is 1. The van der Waals surface area contributed by atoms with Crippen LogP contribution in [0.1, 0.15) is 87.8 Å². The number of carbonyl (C=O) groups is 3. The molecule has 2 N–H and O–H groups in total. The van der Waals surface area contributed by atoms with Crippen molar-refractivity contribution in [2.45, 2.75) is 113 Å². The molecule has 20 heteroatoms. The van der Waals surface area contributed by atoms with Crippen molar-refractivity contribution in [1.82, 2.24) is 49.4 Å². The molecule has 0 aliphatic carbocycles. The van der Waals surface area contributed by atoms with Crippen LogP contribution in [-0.4, -0.2) is 167 Å². The van der Waals surface area contributed by atoms with Gasteiger partial charge in [0.15, 0.2) is 5.82 Å². The Bertz CT molecular complexity index is 3400. The molecule has 6 fully saturated rings. The Kier molecular flexibility index (Phi) is 16.2. The van der Waals surface area contributed by atoms with Crippen molar-refractivity contribution >= 4 is 56.8 Å². The highest BCUT2D eigenvalue weighted by Gasteiger charge is 2.42. The zero-order chi connectivity index (χ0) is 55.7. The molecule has 6 saturated heterocycles.